The topological polar surface area (TPSA) is 75.4 Å². The standard InChI is InChI=1S/C14H16IN3O2S/c1-9(13(16)19)17-14(20)11-7-8-18(21-15)12(11)10-5-3-2-4-6-10/h2-7,9,12H,8H2,1H3,(H2,16,19)(H,17,20). The first-order valence-corrected chi connectivity index (χ1v) is 9.76. The molecule has 0 saturated carbocycles. The molecule has 0 radical (unpaired) electrons. The van der Waals surface area contributed by atoms with E-state index < -0.39 is 11.9 Å². The maximum absolute atomic E-state index is 12.4. The molecule has 112 valence electrons. The summed E-state index contributed by atoms with van der Waals surface area (Å²) in [5.41, 5.74) is 6.89. The SMILES string of the molecule is CC(NC(=O)C1=CCN(SI)C1c1ccccc1)C(N)=O. The van der Waals surface area contributed by atoms with Crippen LogP contribution in [0.4, 0.5) is 0 Å². The number of hydrogen-bond acceptors (Lipinski definition) is 4. The van der Waals surface area contributed by atoms with E-state index in [1.165, 1.54) is 0 Å². The molecule has 2 amide bonds. The monoisotopic (exact) mass is 417 g/mol. The van der Waals surface area contributed by atoms with Gasteiger partial charge in [-0.15, -0.1) is 0 Å². The Hall–Kier alpha value is -1.06. The molecule has 7 heteroatoms. The third kappa shape index (κ3) is 3.78. The molecule has 1 aliphatic rings. The van der Waals surface area contributed by atoms with Crippen LogP contribution in [-0.2, 0) is 9.59 Å². The molecule has 2 unspecified atom stereocenters. The second kappa shape index (κ2) is 7.28. The summed E-state index contributed by atoms with van der Waals surface area (Å²) >= 11 is 2.20. The van der Waals surface area contributed by atoms with Crippen LogP contribution in [0.2, 0.25) is 0 Å². The van der Waals surface area contributed by atoms with Crippen molar-refractivity contribution in [3.8, 4) is 0 Å². The molecule has 0 saturated heterocycles. The van der Waals surface area contributed by atoms with Crippen molar-refractivity contribution in [2.75, 3.05) is 6.54 Å². The van der Waals surface area contributed by atoms with Crippen molar-refractivity contribution in [2.45, 2.75) is 19.0 Å². The maximum atomic E-state index is 12.4. The van der Waals surface area contributed by atoms with Gasteiger partial charge in [0.05, 0.1) is 6.04 Å². The first-order chi connectivity index (χ1) is 10.0. The van der Waals surface area contributed by atoms with Crippen molar-refractivity contribution >= 4 is 42.1 Å². The van der Waals surface area contributed by atoms with E-state index in [1.54, 1.807) is 16.0 Å². The summed E-state index contributed by atoms with van der Waals surface area (Å²) in [6.45, 7) is 2.26. The van der Waals surface area contributed by atoms with Crippen LogP contribution in [0.3, 0.4) is 0 Å². The Morgan fingerprint density at radius 1 is 1.43 bits per heavy atom. The van der Waals surface area contributed by atoms with Crippen LogP contribution in [-0.4, -0.2) is 28.7 Å². The lowest BCUT2D eigenvalue weighted by molar-refractivity contribution is -0.125. The van der Waals surface area contributed by atoms with E-state index in [0.717, 1.165) is 5.56 Å². The zero-order chi connectivity index (χ0) is 15.4. The Morgan fingerprint density at radius 3 is 2.67 bits per heavy atom. The smallest absolute Gasteiger partial charge is 0.249 e. The van der Waals surface area contributed by atoms with Gasteiger partial charge in [-0.3, -0.25) is 9.59 Å². The minimum Gasteiger partial charge on any atom is -0.368 e. The van der Waals surface area contributed by atoms with Crippen LogP contribution in [0.1, 0.15) is 18.5 Å². The molecule has 0 aromatic heterocycles. The van der Waals surface area contributed by atoms with Crippen molar-refractivity contribution in [2.24, 2.45) is 5.73 Å². The number of carbonyl (C=O) groups excluding carboxylic acids is 2. The van der Waals surface area contributed by atoms with E-state index in [0.29, 0.717) is 12.1 Å². The number of halogens is 1. The van der Waals surface area contributed by atoms with Gasteiger partial charge in [-0.05, 0) is 21.6 Å². The van der Waals surface area contributed by atoms with Gasteiger partial charge in [0.2, 0.25) is 11.8 Å². The normalized spacial score (nSPS) is 19.9. The molecular weight excluding hydrogens is 401 g/mol. The lowest BCUT2D eigenvalue weighted by Gasteiger charge is -2.24. The molecule has 1 aromatic carbocycles. The Balaban J connectivity index is 2.22. The van der Waals surface area contributed by atoms with Crippen LogP contribution in [0, 0.1) is 0 Å². The summed E-state index contributed by atoms with van der Waals surface area (Å²) in [4.78, 5) is 23.5. The summed E-state index contributed by atoms with van der Waals surface area (Å²) in [6, 6.07) is 9.03. The lowest BCUT2D eigenvalue weighted by atomic mass is 10.00. The number of hydrogen-bond donors (Lipinski definition) is 2. The molecule has 2 atom stereocenters. The summed E-state index contributed by atoms with van der Waals surface area (Å²) in [5.74, 6) is -0.790. The molecule has 1 aliphatic heterocycles. The average Bonchev–Trinajstić information content (AvgIpc) is 2.91. The van der Waals surface area contributed by atoms with Crippen LogP contribution in [0.5, 0.6) is 0 Å². The fourth-order valence-electron chi connectivity index (χ4n) is 2.18. The fourth-order valence-corrected chi connectivity index (χ4v) is 3.79. The van der Waals surface area contributed by atoms with E-state index in [4.69, 9.17) is 5.73 Å². The number of carbonyl (C=O) groups is 2. The van der Waals surface area contributed by atoms with Crippen molar-refractivity contribution < 1.29 is 9.59 Å². The van der Waals surface area contributed by atoms with Gasteiger partial charge in [-0.25, -0.2) is 4.31 Å². The summed E-state index contributed by atoms with van der Waals surface area (Å²) in [7, 11) is 1.56. The Labute approximate surface area is 140 Å². The van der Waals surface area contributed by atoms with Crippen LogP contribution >= 0.6 is 30.3 Å². The highest BCUT2D eigenvalue weighted by Gasteiger charge is 2.33. The van der Waals surface area contributed by atoms with Crippen LogP contribution in [0.25, 0.3) is 0 Å². The molecule has 5 nitrogen and oxygen atoms in total. The summed E-state index contributed by atoms with van der Waals surface area (Å²) in [5, 5.41) is 2.65. The quantitative estimate of drug-likeness (QED) is 0.568. The third-order valence-electron chi connectivity index (χ3n) is 3.31. The van der Waals surface area contributed by atoms with Crippen molar-refractivity contribution in [3.63, 3.8) is 0 Å². The van der Waals surface area contributed by atoms with E-state index in [1.807, 2.05) is 36.4 Å². The molecule has 3 N–H and O–H groups in total. The molecule has 0 bridgehead atoms. The van der Waals surface area contributed by atoms with Gasteiger partial charge in [0, 0.05) is 33.3 Å². The van der Waals surface area contributed by atoms with E-state index in [9.17, 15) is 9.59 Å². The minimum atomic E-state index is -0.684. The van der Waals surface area contributed by atoms with Gasteiger partial charge in [0.1, 0.15) is 6.04 Å². The zero-order valence-corrected chi connectivity index (χ0v) is 14.4. The van der Waals surface area contributed by atoms with Crippen LogP contribution in [0.15, 0.2) is 42.0 Å². The van der Waals surface area contributed by atoms with Gasteiger partial charge in [-0.1, -0.05) is 36.4 Å². The largest absolute Gasteiger partial charge is 0.368 e. The number of nitrogens with two attached hydrogens (primary N) is 1. The Morgan fingerprint density at radius 2 is 2.10 bits per heavy atom. The molecule has 1 heterocycles. The predicted octanol–water partition coefficient (Wildman–Crippen LogP) is 1.96. The highest BCUT2D eigenvalue weighted by molar-refractivity contribution is 14.2. The number of primary amides is 1. The van der Waals surface area contributed by atoms with Crippen molar-refractivity contribution in [3.05, 3.63) is 47.5 Å². The van der Waals surface area contributed by atoms with Gasteiger partial charge in [0.15, 0.2) is 0 Å². The molecule has 0 fully saturated rings. The molecular formula is C14H16IN3O2S. The number of amides is 2. The molecule has 0 aliphatic carbocycles. The lowest BCUT2D eigenvalue weighted by Crippen LogP contribution is -2.43. The average molecular weight is 417 g/mol. The molecule has 0 spiro atoms. The number of benzene rings is 1. The molecule has 21 heavy (non-hydrogen) atoms. The Bertz CT molecular complexity index is 565. The number of rotatable bonds is 5. The molecule has 1 aromatic rings. The van der Waals surface area contributed by atoms with Gasteiger partial charge in [-0.2, -0.15) is 0 Å². The second-order valence-corrected chi connectivity index (χ2v) is 6.53. The van der Waals surface area contributed by atoms with Gasteiger partial charge >= 0.3 is 0 Å². The first-order valence-electron chi connectivity index (χ1n) is 6.45. The number of nitrogens with zero attached hydrogens (tertiary/aromatic N) is 1. The highest BCUT2D eigenvalue weighted by Crippen LogP contribution is 2.40. The van der Waals surface area contributed by atoms with Gasteiger partial charge < -0.3 is 11.1 Å². The van der Waals surface area contributed by atoms with E-state index >= 15 is 0 Å². The van der Waals surface area contributed by atoms with Crippen molar-refractivity contribution in [1.29, 1.82) is 0 Å². The summed E-state index contributed by atoms with van der Waals surface area (Å²) in [6.07, 6.45) is 1.90. The maximum Gasteiger partial charge on any atom is 0.249 e. The van der Waals surface area contributed by atoms with Crippen molar-refractivity contribution in [1.82, 2.24) is 9.62 Å². The highest BCUT2D eigenvalue weighted by atomic mass is 127. The first kappa shape index (κ1) is 16.3. The fraction of sp³-hybridized carbons (Fsp3) is 0.286. The summed E-state index contributed by atoms with van der Waals surface area (Å²) < 4.78 is 2.11. The van der Waals surface area contributed by atoms with E-state index in [-0.39, 0.29) is 11.9 Å². The van der Waals surface area contributed by atoms with E-state index in [2.05, 4.69) is 30.8 Å². The molecule has 2 rings (SSSR count). The number of nitrogens with one attached hydrogen (secondary N) is 1. The Kier molecular flexibility index (Phi) is 5.65. The zero-order valence-electron chi connectivity index (χ0n) is 11.5. The van der Waals surface area contributed by atoms with Gasteiger partial charge in [0.25, 0.3) is 0 Å². The minimum absolute atomic E-state index is 0.117. The predicted molar refractivity (Wildman–Crippen MR) is 92.4 cm³/mol. The van der Waals surface area contributed by atoms with Crippen LogP contribution < -0.4 is 11.1 Å². The third-order valence-corrected chi connectivity index (χ3v) is 5.37. The second-order valence-electron chi connectivity index (χ2n) is 4.74.